The fraction of sp³-hybridized carbons (Fsp3) is 0.250. The van der Waals surface area contributed by atoms with E-state index in [-0.39, 0.29) is 0 Å². The van der Waals surface area contributed by atoms with E-state index in [0.717, 1.165) is 0 Å². The molecule has 0 saturated carbocycles. The van der Waals surface area contributed by atoms with Crippen molar-refractivity contribution in [2.24, 2.45) is 0 Å². The van der Waals surface area contributed by atoms with Crippen LogP contribution in [0.5, 0.6) is 17.2 Å². The van der Waals surface area contributed by atoms with Crippen molar-refractivity contribution >= 4 is 6.29 Å². The van der Waals surface area contributed by atoms with Gasteiger partial charge in [0, 0.05) is 6.07 Å². The molecule has 0 radical (unpaired) electrons. The maximum atomic E-state index is 10.8. The van der Waals surface area contributed by atoms with Gasteiger partial charge < -0.3 is 14.2 Å². The number of aldehydes is 1. The highest BCUT2D eigenvalue weighted by Gasteiger charge is 2.11. The van der Waals surface area contributed by atoms with E-state index in [2.05, 4.69) is 6.58 Å². The zero-order valence-corrected chi connectivity index (χ0v) is 9.36. The zero-order chi connectivity index (χ0) is 12.0. The first-order valence-corrected chi connectivity index (χ1v) is 4.71. The van der Waals surface area contributed by atoms with E-state index < -0.39 is 0 Å². The first kappa shape index (κ1) is 12.1. The molecule has 0 amide bonds. The first-order valence-electron chi connectivity index (χ1n) is 4.71. The molecule has 0 bridgehead atoms. The molecule has 0 aliphatic rings. The number of carbonyl (C=O) groups is 1. The molecule has 0 N–H and O–H groups in total. The van der Waals surface area contributed by atoms with Gasteiger partial charge in [0.2, 0.25) is 0 Å². The molecule has 0 unspecified atom stereocenters. The second-order valence-electron chi connectivity index (χ2n) is 2.96. The standard InChI is InChI=1S/C12H14O4/c1-4-5-16-12-6-9(8-13)10(14-2)7-11(12)15-3/h4,6-8H,1,5H2,2-3H3. The summed E-state index contributed by atoms with van der Waals surface area (Å²) in [4.78, 5) is 10.8. The molecule has 86 valence electrons. The van der Waals surface area contributed by atoms with E-state index in [4.69, 9.17) is 14.2 Å². The monoisotopic (exact) mass is 222 g/mol. The Morgan fingerprint density at radius 1 is 1.19 bits per heavy atom. The summed E-state index contributed by atoms with van der Waals surface area (Å²) in [5, 5.41) is 0. The van der Waals surface area contributed by atoms with E-state index in [1.54, 1.807) is 18.2 Å². The summed E-state index contributed by atoms with van der Waals surface area (Å²) in [6.07, 6.45) is 2.32. The topological polar surface area (TPSA) is 44.8 Å². The molecule has 1 aromatic rings. The van der Waals surface area contributed by atoms with E-state index in [1.165, 1.54) is 14.2 Å². The Bertz CT molecular complexity index is 385. The van der Waals surface area contributed by atoms with Crippen LogP contribution in [0.2, 0.25) is 0 Å². The number of ether oxygens (including phenoxy) is 3. The number of rotatable bonds is 6. The van der Waals surface area contributed by atoms with Crippen LogP contribution in [0.4, 0.5) is 0 Å². The third-order valence-electron chi connectivity index (χ3n) is 2.00. The van der Waals surface area contributed by atoms with Crippen molar-refractivity contribution < 1.29 is 19.0 Å². The second-order valence-corrected chi connectivity index (χ2v) is 2.96. The van der Waals surface area contributed by atoms with Gasteiger partial charge in [-0.25, -0.2) is 0 Å². The molecule has 0 saturated heterocycles. The minimum Gasteiger partial charge on any atom is -0.496 e. The Kier molecular flexibility index (Phi) is 4.39. The molecular weight excluding hydrogens is 208 g/mol. The third kappa shape index (κ3) is 2.53. The molecule has 1 rings (SSSR count). The third-order valence-corrected chi connectivity index (χ3v) is 2.00. The molecule has 4 nitrogen and oxygen atoms in total. The summed E-state index contributed by atoms with van der Waals surface area (Å²) in [5.41, 5.74) is 0.419. The Labute approximate surface area is 94.4 Å². The average molecular weight is 222 g/mol. The summed E-state index contributed by atoms with van der Waals surface area (Å²) in [6, 6.07) is 3.19. The maximum Gasteiger partial charge on any atom is 0.164 e. The van der Waals surface area contributed by atoms with Crippen molar-refractivity contribution in [3.63, 3.8) is 0 Å². The van der Waals surface area contributed by atoms with Gasteiger partial charge in [0.25, 0.3) is 0 Å². The molecule has 1 aromatic carbocycles. The lowest BCUT2D eigenvalue weighted by Gasteiger charge is -2.12. The quantitative estimate of drug-likeness (QED) is 0.546. The van der Waals surface area contributed by atoms with Crippen molar-refractivity contribution in [3.8, 4) is 17.2 Å². The highest BCUT2D eigenvalue weighted by Crippen LogP contribution is 2.33. The van der Waals surface area contributed by atoms with Gasteiger partial charge in [0.05, 0.1) is 19.8 Å². The van der Waals surface area contributed by atoms with Crippen molar-refractivity contribution in [1.82, 2.24) is 0 Å². The molecule has 4 heteroatoms. The molecule has 0 spiro atoms. The van der Waals surface area contributed by atoms with Crippen molar-refractivity contribution in [2.45, 2.75) is 0 Å². The smallest absolute Gasteiger partial charge is 0.164 e. The highest BCUT2D eigenvalue weighted by molar-refractivity contribution is 5.81. The largest absolute Gasteiger partial charge is 0.496 e. The minimum atomic E-state index is 0.348. The second kappa shape index (κ2) is 5.80. The van der Waals surface area contributed by atoms with Crippen LogP contribution in [0.25, 0.3) is 0 Å². The number of hydrogen-bond acceptors (Lipinski definition) is 4. The van der Waals surface area contributed by atoms with Gasteiger partial charge in [-0.1, -0.05) is 12.7 Å². The first-order chi connectivity index (χ1) is 7.76. The summed E-state index contributed by atoms with van der Waals surface area (Å²) < 4.78 is 15.5. The SMILES string of the molecule is C=CCOc1cc(C=O)c(OC)cc1OC. The molecule has 0 fully saturated rings. The van der Waals surface area contributed by atoms with Crippen LogP contribution in [0.1, 0.15) is 10.4 Å². The summed E-state index contributed by atoms with van der Waals surface area (Å²) >= 11 is 0. The lowest BCUT2D eigenvalue weighted by atomic mass is 10.2. The summed E-state index contributed by atoms with van der Waals surface area (Å²) in [5.74, 6) is 1.47. The highest BCUT2D eigenvalue weighted by atomic mass is 16.5. The van der Waals surface area contributed by atoms with E-state index in [9.17, 15) is 4.79 Å². The molecule has 0 aromatic heterocycles. The molecular formula is C12H14O4. The van der Waals surface area contributed by atoms with Gasteiger partial charge in [-0.2, -0.15) is 0 Å². The van der Waals surface area contributed by atoms with Crippen LogP contribution in [0.15, 0.2) is 24.8 Å². The molecule has 0 aliphatic heterocycles. The van der Waals surface area contributed by atoms with E-state index in [1.807, 2.05) is 0 Å². The van der Waals surface area contributed by atoms with Crippen LogP contribution in [-0.2, 0) is 0 Å². The van der Waals surface area contributed by atoms with Crippen LogP contribution < -0.4 is 14.2 Å². The summed E-state index contributed by atoms with van der Waals surface area (Å²) in [7, 11) is 3.02. The average Bonchev–Trinajstić information content (AvgIpc) is 2.35. The number of hydrogen-bond donors (Lipinski definition) is 0. The lowest BCUT2D eigenvalue weighted by Crippen LogP contribution is -1.99. The Balaban J connectivity index is 3.14. The van der Waals surface area contributed by atoms with Crippen LogP contribution >= 0.6 is 0 Å². The summed E-state index contributed by atoms with van der Waals surface area (Å²) in [6.45, 7) is 3.90. The van der Waals surface area contributed by atoms with E-state index in [0.29, 0.717) is 35.7 Å². The zero-order valence-electron chi connectivity index (χ0n) is 9.36. The van der Waals surface area contributed by atoms with Crippen molar-refractivity contribution in [1.29, 1.82) is 0 Å². The number of methoxy groups -OCH3 is 2. The molecule has 0 aliphatic carbocycles. The van der Waals surface area contributed by atoms with Gasteiger partial charge in [0.1, 0.15) is 12.4 Å². The van der Waals surface area contributed by atoms with Crippen molar-refractivity contribution in [3.05, 3.63) is 30.4 Å². The van der Waals surface area contributed by atoms with Gasteiger partial charge in [0.15, 0.2) is 17.8 Å². The maximum absolute atomic E-state index is 10.8. The lowest BCUT2D eigenvalue weighted by molar-refractivity contribution is 0.112. The fourth-order valence-corrected chi connectivity index (χ4v) is 1.25. The number of benzene rings is 1. The van der Waals surface area contributed by atoms with Gasteiger partial charge in [-0.3, -0.25) is 4.79 Å². The number of carbonyl (C=O) groups excluding carboxylic acids is 1. The fourth-order valence-electron chi connectivity index (χ4n) is 1.25. The van der Waals surface area contributed by atoms with Gasteiger partial charge in [-0.15, -0.1) is 0 Å². The normalized spacial score (nSPS) is 9.38. The van der Waals surface area contributed by atoms with Gasteiger partial charge in [-0.05, 0) is 6.07 Å². The predicted octanol–water partition coefficient (Wildman–Crippen LogP) is 2.08. The van der Waals surface area contributed by atoms with Crippen LogP contribution in [0.3, 0.4) is 0 Å². The molecule has 0 heterocycles. The van der Waals surface area contributed by atoms with E-state index >= 15 is 0 Å². The Hall–Kier alpha value is -1.97. The molecule has 0 atom stereocenters. The Morgan fingerprint density at radius 3 is 2.38 bits per heavy atom. The molecule has 16 heavy (non-hydrogen) atoms. The Morgan fingerprint density at radius 2 is 1.88 bits per heavy atom. The predicted molar refractivity (Wildman–Crippen MR) is 60.6 cm³/mol. The van der Waals surface area contributed by atoms with Gasteiger partial charge >= 0.3 is 0 Å². The van der Waals surface area contributed by atoms with Crippen LogP contribution in [-0.4, -0.2) is 27.1 Å². The van der Waals surface area contributed by atoms with Crippen LogP contribution in [0, 0.1) is 0 Å². The van der Waals surface area contributed by atoms with Crippen molar-refractivity contribution in [2.75, 3.05) is 20.8 Å². The minimum absolute atomic E-state index is 0.348.